The van der Waals surface area contributed by atoms with E-state index >= 15 is 0 Å². The van der Waals surface area contributed by atoms with Crippen molar-refractivity contribution in [2.24, 2.45) is 10.3 Å². The van der Waals surface area contributed by atoms with Crippen LogP contribution in [0.4, 0.5) is 0 Å². The van der Waals surface area contributed by atoms with Gasteiger partial charge in [-0.3, -0.25) is 0 Å². The number of nitrogens with zero attached hydrogens (tertiary/aromatic N) is 5. The Hall–Kier alpha value is -1.09. The van der Waals surface area contributed by atoms with Gasteiger partial charge in [0.2, 0.25) is 0 Å². The monoisotopic (exact) mass is 406 g/mol. The average molecular weight is 407 g/mol. The van der Waals surface area contributed by atoms with Gasteiger partial charge in [0.25, 0.3) is 0 Å². The van der Waals surface area contributed by atoms with E-state index in [0.717, 1.165) is 64.4 Å². The second-order valence-electron chi connectivity index (χ2n) is 6.84. The highest BCUT2D eigenvalue weighted by molar-refractivity contribution is 6.65. The van der Waals surface area contributed by atoms with Crippen LogP contribution in [-0.4, -0.2) is 103 Å². The number of halogens is 1. The van der Waals surface area contributed by atoms with E-state index in [9.17, 15) is 0 Å². The third-order valence-electron chi connectivity index (χ3n) is 4.36. The molecule has 0 radical (unpaired) electrons. The second kappa shape index (κ2) is 17.0. The lowest BCUT2D eigenvalue weighted by molar-refractivity contribution is 0.204. The fraction of sp³-hybridized carbons (Fsp3) is 0.889. The molecule has 8 nitrogen and oxygen atoms in total. The molecule has 160 valence electrons. The Balaban J connectivity index is 0.000000410. The van der Waals surface area contributed by atoms with Crippen LogP contribution >= 0.6 is 11.6 Å². The smallest absolute Gasteiger partial charge is 0.145 e. The molecule has 0 atom stereocenters. The Kier molecular flexibility index (Phi) is 16.4. The molecule has 0 saturated carbocycles. The van der Waals surface area contributed by atoms with Gasteiger partial charge in [0.15, 0.2) is 0 Å². The molecule has 0 unspecified atom stereocenters. The summed E-state index contributed by atoms with van der Waals surface area (Å²) in [6.07, 6.45) is 3.49. The Morgan fingerprint density at radius 3 is 1.70 bits per heavy atom. The van der Waals surface area contributed by atoms with E-state index in [1.54, 1.807) is 0 Å². The van der Waals surface area contributed by atoms with Crippen molar-refractivity contribution in [1.82, 2.24) is 20.0 Å². The van der Waals surface area contributed by atoms with Crippen molar-refractivity contribution in [3.05, 3.63) is 0 Å². The average Bonchev–Trinajstić information content (AvgIpc) is 2.69. The minimum atomic E-state index is 0.280. The molecular formula is C18H39ClN6O2. The number of likely N-dealkylation sites (N-methyl/N-ethyl adjacent to an activating group) is 2. The van der Waals surface area contributed by atoms with Gasteiger partial charge in [-0.05, 0) is 26.9 Å². The largest absolute Gasteiger partial charge is 0.410 e. The number of hydrogen-bond acceptors (Lipinski definition) is 7. The fourth-order valence-corrected chi connectivity index (χ4v) is 2.78. The maximum absolute atomic E-state index is 8.81. The number of piperazine rings is 2. The van der Waals surface area contributed by atoms with E-state index in [1.165, 1.54) is 13.1 Å². The molecule has 0 aromatic rings. The summed E-state index contributed by atoms with van der Waals surface area (Å²) in [6.45, 7) is 12.9. The number of nitrogens with one attached hydrogen (secondary N) is 1. The van der Waals surface area contributed by atoms with Crippen molar-refractivity contribution < 1.29 is 10.4 Å². The molecule has 0 aliphatic carbocycles. The van der Waals surface area contributed by atoms with E-state index in [0.29, 0.717) is 6.42 Å². The van der Waals surface area contributed by atoms with Gasteiger partial charge in [0.05, 0.1) is 0 Å². The first-order chi connectivity index (χ1) is 13.0. The maximum Gasteiger partial charge on any atom is 0.145 e. The summed E-state index contributed by atoms with van der Waals surface area (Å²) in [4.78, 5) is 6.79. The molecule has 0 amide bonds. The summed E-state index contributed by atoms with van der Waals surface area (Å²) in [5.74, 6) is 0.843. The van der Waals surface area contributed by atoms with Gasteiger partial charge in [-0.1, -0.05) is 35.8 Å². The number of rotatable bonds is 4. The van der Waals surface area contributed by atoms with Crippen LogP contribution in [0.25, 0.3) is 0 Å². The summed E-state index contributed by atoms with van der Waals surface area (Å²) in [7, 11) is 4.27. The van der Waals surface area contributed by atoms with E-state index in [-0.39, 0.29) is 5.17 Å². The molecular weight excluding hydrogens is 368 g/mol. The highest BCUT2D eigenvalue weighted by Crippen LogP contribution is 2.04. The van der Waals surface area contributed by atoms with Gasteiger partial charge in [0, 0.05) is 65.2 Å². The maximum atomic E-state index is 8.81. The number of amidine groups is 1. The first-order valence-electron chi connectivity index (χ1n) is 9.88. The van der Waals surface area contributed by atoms with Gasteiger partial charge in [-0.25, -0.2) is 0 Å². The lowest BCUT2D eigenvalue weighted by atomic mass is 10.2. The SMILES string of the molecule is CCC/C(=N/O)N1CCN(C)CC1.CCC/C(Cl)=N/O.CN1CCNCC1. The molecule has 2 saturated heterocycles. The zero-order valence-electron chi connectivity index (χ0n) is 17.5. The van der Waals surface area contributed by atoms with Crippen LogP contribution in [0.15, 0.2) is 10.3 Å². The predicted molar refractivity (Wildman–Crippen MR) is 114 cm³/mol. The highest BCUT2D eigenvalue weighted by atomic mass is 35.5. The molecule has 2 aliphatic heterocycles. The van der Waals surface area contributed by atoms with Crippen LogP contribution in [0, 0.1) is 0 Å². The quantitative estimate of drug-likeness (QED) is 0.287. The normalized spacial score (nSPS) is 19.7. The summed E-state index contributed by atoms with van der Waals surface area (Å²) >= 11 is 5.27. The van der Waals surface area contributed by atoms with Crippen LogP contribution in [0.1, 0.15) is 39.5 Å². The van der Waals surface area contributed by atoms with Crippen molar-refractivity contribution in [2.45, 2.75) is 39.5 Å². The van der Waals surface area contributed by atoms with Crippen LogP contribution in [0.3, 0.4) is 0 Å². The van der Waals surface area contributed by atoms with Crippen molar-refractivity contribution >= 4 is 22.6 Å². The lowest BCUT2D eigenvalue weighted by Crippen LogP contribution is -2.47. The first kappa shape index (κ1) is 25.9. The van der Waals surface area contributed by atoms with E-state index in [2.05, 4.69) is 51.3 Å². The number of oxime groups is 2. The van der Waals surface area contributed by atoms with Crippen LogP contribution in [0.2, 0.25) is 0 Å². The first-order valence-corrected chi connectivity index (χ1v) is 10.3. The third kappa shape index (κ3) is 13.7. The van der Waals surface area contributed by atoms with E-state index < -0.39 is 0 Å². The van der Waals surface area contributed by atoms with Crippen LogP contribution in [-0.2, 0) is 0 Å². The minimum Gasteiger partial charge on any atom is -0.410 e. The van der Waals surface area contributed by atoms with Gasteiger partial charge in [-0.2, -0.15) is 0 Å². The van der Waals surface area contributed by atoms with Crippen molar-refractivity contribution in [3.8, 4) is 0 Å². The molecule has 2 fully saturated rings. The molecule has 0 bridgehead atoms. The summed E-state index contributed by atoms with van der Waals surface area (Å²) in [5, 5.41) is 26.4. The molecule has 2 rings (SSSR count). The summed E-state index contributed by atoms with van der Waals surface area (Å²) in [6, 6.07) is 0. The van der Waals surface area contributed by atoms with Gasteiger partial charge >= 0.3 is 0 Å². The molecule has 27 heavy (non-hydrogen) atoms. The van der Waals surface area contributed by atoms with Gasteiger partial charge in [-0.15, -0.1) is 0 Å². The molecule has 0 aromatic heterocycles. The standard InChI is InChI=1S/C9H19N3O.C5H12N2.C4H8ClNO/c1-3-4-9(10-13)12-7-5-11(2)6-8-12;1-7-4-2-6-3-5-7;1-2-3-4(5)6-7/h13H,3-8H2,1-2H3;6H,2-5H2,1H3;7H,2-3H2,1H3/b10-9-;;6-4-. The molecule has 0 aromatic carbocycles. The fourth-order valence-electron chi connectivity index (χ4n) is 2.59. The summed E-state index contributed by atoms with van der Waals surface area (Å²) in [5.41, 5.74) is 0. The van der Waals surface area contributed by atoms with Gasteiger partial charge < -0.3 is 30.4 Å². The Bertz CT molecular complexity index is 409. The lowest BCUT2D eigenvalue weighted by Gasteiger charge is -2.33. The van der Waals surface area contributed by atoms with E-state index in [1.807, 2.05) is 6.92 Å². The zero-order valence-corrected chi connectivity index (χ0v) is 18.2. The summed E-state index contributed by atoms with van der Waals surface area (Å²) < 4.78 is 0. The van der Waals surface area contributed by atoms with Gasteiger partial charge in [0.1, 0.15) is 11.0 Å². The minimum absolute atomic E-state index is 0.280. The van der Waals surface area contributed by atoms with Crippen molar-refractivity contribution in [2.75, 3.05) is 66.5 Å². The molecule has 2 aliphatic rings. The highest BCUT2D eigenvalue weighted by Gasteiger charge is 2.16. The molecule has 0 spiro atoms. The van der Waals surface area contributed by atoms with Crippen molar-refractivity contribution in [1.29, 1.82) is 0 Å². The predicted octanol–water partition coefficient (Wildman–Crippen LogP) is 2.16. The Labute approximate surface area is 169 Å². The topological polar surface area (TPSA) is 86.9 Å². The van der Waals surface area contributed by atoms with E-state index in [4.69, 9.17) is 22.0 Å². The Morgan fingerprint density at radius 2 is 1.37 bits per heavy atom. The number of hydrogen-bond donors (Lipinski definition) is 3. The third-order valence-corrected chi connectivity index (χ3v) is 4.63. The van der Waals surface area contributed by atoms with Crippen molar-refractivity contribution in [3.63, 3.8) is 0 Å². The second-order valence-corrected chi connectivity index (χ2v) is 7.27. The Morgan fingerprint density at radius 1 is 0.852 bits per heavy atom. The zero-order chi connectivity index (χ0) is 20.5. The van der Waals surface area contributed by atoms with Crippen LogP contribution in [0.5, 0.6) is 0 Å². The van der Waals surface area contributed by atoms with Crippen LogP contribution < -0.4 is 5.32 Å². The molecule has 2 heterocycles. The molecule has 3 N–H and O–H groups in total. The molecule has 9 heteroatoms.